The van der Waals surface area contributed by atoms with Gasteiger partial charge in [0, 0.05) is 31.0 Å². The zero-order valence-corrected chi connectivity index (χ0v) is 13.1. The van der Waals surface area contributed by atoms with Gasteiger partial charge in [0.05, 0.1) is 13.2 Å². The van der Waals surface area contributed by atoms with Crippen molar-refractivity contribution in [2.45, 2.75) is 26.3 Å². The Hall–Kier alpha value is -1.95. The Bertz CT molecular complexity index is 499. The fraction of sp³-hybridized carbons (Fsp3) is 0.562. The minimum atomic E-state index is -0.501. The van der Waals surface area contributed by atoms with Crippen LogP contribution < -0.4 is 5.32 Å². The molecule has 1 atom stereocenters. The Morgan fingerprint density at radius 1 is 1.27 bits per heavy atom. The van der Waals surface area contributed by atoms with Crippen LogP contribution in [0, 0.1) is 5.92 Å². The van der Waals surface area contributed by atoms with Crippen molar-refractivity contribution < 1.29 is 14.3 Å². The summed E-state index contributed by atoms with van der Waals surface area (Å²) in [6.45, 7) is 6.35. The predicted molar refractivity (Wildman–Crippen MR) is 82.3 cm³/mol. The summed E-state index contributed by atoms with van der Waals surface area (Å²) in [6, 6.07) is 2.78. The van der Waals surface area contributed by atoms with E-state index in [1.54, 1.807) is 29.4 Å². The topological polar surface area (TPSA) is 71.5 Å². The van der Waals surface area contributed by atoms with Gasteiger partial charge in [0.25, 0.3) is 5.91 Å². The third-order valence-electron chi connectivity index (χ3n) is 3.58. The molecule has 2 amide bonds. The second kappa shape index (κ2) is 7.89. The van der Waals surface area contributed by atoms with Gasteiger partial charge in [0.1, 0.15) is 6.04 Å². The normalized spacial score (nSPS) is 16.4. The summed E-state index contributed by atoms with van der Waals surface area (Å²) < 4.78 is 5.27. The van der Waals surface area contributed by atoms with Gasteiger partial charge in [-0.1, -0.05) is 13.8 Å². The lowest BCUT2D eigenvalue weighted by atomic mass is 10.0. The molecule has 1 saturated heterocycles. The number of nitrogens with one attached hydrogen (secondary N) is 1. The Morgan fingerprint density at radius 2 is 1.91 bits per heavy atom. The number of amides is 2. The van der Waals surface area contributed by atoms with Crippen LogP contribution >= 0.6 is 0 Å². The number of nitrogens with zero attached hydrogens (tertiary/aromatic N) is 2. The molecule has 0 spiro atoms. The quantitative estimate of drug-likeness (QED) is 0.884. The third kappa shape index (κ3) is 4.53. The lowest BCUT2D eigenvalue weighted by Gasteiger charge is -2.31. The van der Waals surface area contributed by atoms with Crippen molar-refractivity contribution in [2.75, 3.05) is 26.3 Å². The summed E-state index contributed by atoms with van der Waals surface area (Å²) in [4.78, 5) is 30.6. The van der Waals surface area contributed by atoms with Crippen LogP contribution in [-0.4, -0.2) is 54.0 Å². The highest BCUT2D eigenvalue weighted by Crippen LogP contribution is 2.11. The van der Waals surface area contributed by atoms with E-state index in [4.69, 9.17) is 4.74 Å². The molecule has 2 rings (SSSR count). The van der Waals surface area contributed by atoms with Gasteiger partial charge < -0.3 is 15.0 Å². The van der Waals surface area contributed by atoms with E-state index in [2.05, 4.69) is 10.3 Å². The van der Waals surface area contributed by atoms with Crippen LogP contribution in [0.1, 0.15) is 30.6 Å². The van der Waals surface area contributed by atoms with Gasteiger partial charge in [-0.3, -0.25) is 14.6 Å². The van der Waals surface area contributed by atoms with E-state index in [0.29, 0.717) is 44.2 Å². The maximum absolute atomic E-state index is 12.6. The van der Waals surface area contributed by atoms with Gasteiger partial charge in [-0.25, -0.2) is 0 Å². The van der Waals surface area contributed by atoms with Gasteiger partial charge in [-0.05, 0) is 24.5 Å². The Balaban J connectivity index is 2.05. The van der Waals surface area contributed by atoms with E-state index in [0.717, 1.165) is 0 Å². The summed E-state index contributed by atoms with van der Waals surface area (Å²) in [6.07, 6.45) is 3.75. The van der Waals surface area contributed by atoms with Gasteiger partial charge in [-0.15, -0.1) is 0 Å². The average molecular weight is 305 g/mol. The van der Waals surface area contributed by atoms with Crippen LogP contribution in [0.2, 0.25) is 0 Å². The highest BCUT2D eigenvalue weighted by Gasteiger charge is 2.28. The Morgan fingerprint density at radius 3 is 2.50 bits per heavy atom. The maximum atomic E-state index is 12.6. The lowest BCUT2D eigenvalue weighted by molar-refractivity contribution is -0.137. The van der Waals surface area contributed by atoms with Gasteiger partial charge >= 0.3 is 0 Å². The molecule has 1 aromatic rings. The number of ether oxygens (including phenoxy) is 1. The standard InChI is InChI=1S/C16H23N3O3/c1-12(2)11-14(16(21)19-7-9-22-10-8-19)18-15(20)13-3-5-17-6-4-13/h3-6,12,14H,7-11H2,1-2H3,(H,18,20)/t14-/m1/s1. The Labute approximate surface area is 130 Å². The monoisotopic (exact) mass is 305 g/mol. The molecule has 0 aliphatic carbocycles. The van der Waals surface area contributed by atoms with Crippen LogP contribution in [-0.2, 0) is 9.53 Å². The number of morpholine rings is 1. The number of hydrogen-bond donors (Lipinski definition) is 1. The van der Waals surface area contributed by atoms with Crippen molar-refractivity contribution in [1.82, 2.24) is 15.2 Å². The van der Waals surface area contributed by atoms with Crippen LogP contribution in [0.25, 0.3) is 0 Å². The number of pyridine rings is 1. The highest BCUT2D eigenvalue weighted by molar-refractivity contribution is 5.97. The zero-order chi connectivity index (χ0) is 15.9. The fourth-order valence-corrected chi connectivity index (χ4v) is 2.44. The van der Waals surface area contributed by atoms with Crippen molar-refractivity contribution in [3.63, 3.8) is 0 Å². The smallest absolute Gasteiger partial charge is 0.252 e. The number of rotatable bonds is 5. The van der Waals surface area contributed by atoms with Gasteiger partial charge in [-0.2, -0.15) is 0 Å². The minimum Gasteiger partial charge on any atom is -0.378 e. The van der Waals surface area contributed by atoms with Crippen LogP contribution in [0.4, 0.5) is 0 Å². The molecule has 22 heavy (non-hydrogen) atoms. The van der Waals surface area contributed by atoms with Crippen molar-refractivity contribution in [3.05, 3.63) is 30.1 Å². The molecule has 1 aromatic heterocycles. The molecular formula is C16H23N3O3. The first-order valence-electron chi connectivity index (χ1n) is 7.65. The molecule has 0 bridgehead atoms. The van der Waals surface area contributed by atoms with E-state index in [1.165, 1.54) is 0 Å². The minimum absolute atomic E-state index is 0.0283. The average Bonchev–Trinajstić information content (AvgIpc) is 2.54. The van der Waals surface area contributed by atoms with E-state index >= 15 is 0 Å². The van der Waals surface area contributed by atoms with E-state index in [-0.39, 0.29) is 11.8 Å². The first-order chi connectivity index (χ1) is 10.6. The zero-order valence-electron chi connectivity index (χ0n) is 13.1. The van der Waals surface area contributed by atoms with Gasteiger partial charge in [0.15, 0.2) is 0 Å². The molecule has 0 unspecified atom stereocenters. The second-order valence-electron chi connectivity index (χ2n) is 5.83. The summed E-state index contributed by atoms with van der Waals surface area (Å²) in [5, 5.41) is 2.86. The lowest BCUT2D eigenvalue weighted by Crippen LogP contribution is -2.52. The largest absolute Gasteiger partial charge is 0.378 e. The molecule has 1 fully saturated rings. The number of carbonyl (C=O) groups is 2. The molecule has 0 aromatic carbocycles. The maximum Gasteiger partial charge on any atom is 0.252 e. The third-order valence-corrected chi connectivity index (χ3v) is 3.58. The molecule has 0 radical (unpaired) electrons. The number of carbonyl (C=O) groups excluding carboxylic acids is 2. The van der Waals surface area contributed by atoms with Gasteiger partial charge in [0.2, 0.25) is 5.91 Å². The SMILES string of the molecule is CC(C)C[C@@H](NC(=O)c1ccncc1)C(=O)N1CCOCC1. The molecular weight excluding hydrogens is 282 g/mol. The van der Waals surface area contributed by atoms with Crippen molar-refractivity contribution in [1.29, 1.82) is 0 Å². The summed E-state index contributed by atoms with van der Waals surface area (Å²) in [5.41, 5.74) is 0.513. The molecule has 1 aliphatic rings. The first kappa shape index (κ1) is 16.4. The van der Waals surface area contributed by atoms with Crippen molar-refractivity contribution in [2.24, 2.45) is 5.92 Å². The number of hydrogen-bond acceptors (Lipinski definition) is 4. The molecule has 6 nitrogen and oxygen atoms in total. The van der Waals surface area contributed by atoms with E-state index in [9.17, 15) is 9.59 Å². The molecule has 6 heteroatoms. The predicted octanol–water partition coefficient (Wildman–Crippen LogP) is 1.08. The molecule has 1 aliphatic heterocycles. The fourth-order valence-electron chi connectivity index (χ4n) is 2.44. The number of aromatic nitrogens is 1. The summed E-state index contributed by atoms with van der Waals surface area (Å²) in [5.74, 6) is 0.0433. The van der Waals surface area contributed by atoms with E-state index < -0.39 is 6.04 Å². The molecule has 2 heterocycles. The van der Waals surface area contributed by atoms with Crippen molar-refractivity contribution in [3.8, 4) is 0 Å². The van der Waals surface area contributed by atoms with Crippen LogP contribution in [0.15, 0.2) is 24.5 Å². The Kier molecular flexibility index (Phi) is 5.89. The summed E-state index contributed by atoms with van der Waals surface area (Å²) >= 11 is 0. The molecule has 0 saturated carbocycles. The van der Waals surface area contributed by atoms with Crippen LogP contribution in [0.5, 0.6) is 0 Å². The molecule has 120 valence electrons. The second-order valence-corrected chi connectivity index (χ2v) is 5.83. The highest BCUT2D eigenvalue weighted by atomic mass is 16.5. The summed E-state index contributed by atoms with van der Waals surface area (Å²) in [7, 11) is 0. The first-order valence-corrected chi connectivity index (χ1v) is 7.65. The molecule has 1 N–H and O–H groups in total. The van der Waals surface area contributed by atoms with Crippen molar-refractivity contribution >= 4 is 11.8 Å². The van der Waals surface area contributed by atoms with E-state index in [1.807, 2.05) is 13.8 Å². The van der Waals surface area contributed by atoms with Crippen LogP contribution in [0.3, 0.4) is 0 Å².